The summed E-state index contributed by atoms with van der Waals surface area (Å²) >= 11 is 0. The average Bonchev–Trinajstić information content (AvgIpc) is 2.39. The third-order valence-electron chi connectivity index (χ3n) is 2.69. The van der Waals surface area contributed by atoms with Gasteiger partial charge in [-0.1, -0.05) is 18.2 Å². The van der Waals surface area contributed by atoms with E-state index in [1.165, 1.54) is 12.1 Å². The summed E-state index contributed by atoms with van der Waals surface area (Å²) in [6, 6.07) is 2.89. The van der Waals surface area contributed by atoms with Gasteiger partial charge < -0.3 is 5.11 Å². The van der Waals surface area contributed by atoms with Crippen molar-refractivity contribution in [1.29, 1.82) is 0 Å². The van der Waals surface area contributed by atoms with Crippen molar-refractivity contribution in [2.24, 2.45) is 0 Å². The number of halogens is 1. The number of pyridine rings is 1. The Bertz CT molecular complexity index is 546. The third-order valence-corrected chi connectivity index (χ3v) is 2.69. The number of carbonyl (C=O) groups is 2. The van der Waals surface area contributed by atoms with Crippen molar-refractivity contribution in [2.75, 3.05) is 0 Å². The molecule has 18 heavy (non-hydrogen) atoms. The molecule has 92 valence electrons. The van der Waals surface area contributed by atoms with Crippen LogP contribution in [-0.4, -0.2) is 21.8 Å². The highest BCUT2D eigenvalue weighted by Crippen LogP contribution is 2.25. The zero-order chi connectivity index (χ0) is 13.1. The van der Waals surface area contributed by atoms with E-state index < -0.39 is 17.6 Å². The van der Waals surface area contributed by atoms with E-state index in [2.05, 4.69) is 4.98 Å². The lowest BCUT2D eigenvalue weighted by Crippen LogP contribution is -2.15. The Morgan fingerprint density at radius 3 is 2.67 bits per heavy atom. The molecule has 0 saturated heterocycles. The normalized spacial score (nSPS) is 18.3. The maximum absolute atomic E-state index is 12.7. The first-order valence-corrected chi connectivity index (χ1v) is 5.35. The fourth-order valence-electron chi connectivity index (χ4n) is 1.74. The lowest BCUT2D eigenvalue weighted by atomic mass is 9.92. The van der Waals surface area contributed by atoms with Gasteiger partial charge in [-0.05, 0) is 18.6 Å². The van der Waals surface area contributed by atoms with Crippen LogP contribution in [0.3, 0.4) is 0 Å². The molecular formula is C13H10FNO3. The minimum absolute atomic E-state index is 0.0593. The van der Waals surface area contributed by atoms with Gasteiger partial charge in [-0.2, -0.15) is 0 Å². The molecule has 1 heterocycles. The molecule has 0 aliphatic heterocycles. The highest BCUT2D eigenvalue weighted by Gasteiger charge is 2.20. The Hall–Kier alpha value is -2.30. The minimum Gasteiger partial charge on any atom is -0.475 e. The van der Waals surface area contributed by atoms with Crippen LogP contribution < -0.4 is 0 Å². The van der Waals surface area contributed by atoms with E-state index in [4.69, 9.17) is 5.11 Å². The largest absolute Gasteiger partial charge is 0.475 e. The number of aliphatic carboxylic acids is 1. The van der Waals surface area contributed by atoms with E-state index >= 15 is 0 Å². The smallest absolute Gasteiger partial charge is 0.377 e. The number of ketones is 1. The molecule has 1 N–H and O–H groups in total. The number of hydrogen-bond acceptors (Lipinski definition) is 3. The van der Waals surface area contributed by atoms with Gasteiger partial charge in [0.25, 0.3) is 5.78 Å². The van der Waals surface area contributed by atoms with Crippen molar-refractivity contribution in [2.45, 2.75) is 12.3 Å². The van der Waals surface area contributed by atoms with Gasteiger partial charge in [-0.3, -0.25) is 9.78 Å². The summed E-state index contributed by atoms with van der Waals surface area (Å²) in [4.78, 5) is 25.7. The van der Waals surface area contributed by atoms with Crippen LogP contribution in [0, 0.1) is 5.82 Å². The summed E-state index contributed by atoms with van der Waals surface area (Å²) in [5.41, 5.74) is 0.853. The molecule has 0 amide bonds. The molecule has 0 aromatic carbocycles. The maximum atomic E-state index is 12.7. The Labute approximate surface area is 102 Å². The van der Waals surface area contributed by atoms with Crippen molar-refractivity contribution in [1.82, 2.24) is 4.98 Å². The van der Waals surface area contributed by atoms with Crippen LogP contribution in [-0.2, 0) is 9.59 Å². The molecule has 0 fully saturated rings. The molecule has 4 nitrogen and oxygen atoms in total. The van der Waals surface area contributed by atoms with Gasteiger partial charge in [0.1, 0.15) is 5.82 Å². The van der Waals surface area contributed by atoms with E-state index in [0.29, 0.717) is 12.1 Å². The molecule has 0 bridgehead atoms. The molecule has 1 aliphatic carbocycles. The Morgan fingerprint density at radius 2 is 2.17 bits per heavy atom. The van der Waals surface area contributed by atoms with Crippen LogP contribution in [0.5, 0.6) is 0 Å². The minimum atomic E-state index is -1.47. The number of carbonyl (C=O) groups excluding carboxylic acids is 1. The molecule has 1 unspecified atom stereocenters. The van der Waals surface area contributed by atoms with E-state index in [-0.39, 0.29) is 11.5 Å². The molecule has 1 atom stereocenters. The first kappa shape index (κ1) is 12.2. The zero-order valence-electron chi connectivity index (χ0n) is 9.34. The second-order valence-electron chi connectivity index (χ2n) is 3.90. The van der Waals surface area contributed by atoms with E-state index in [9.17, 15) is 14.0 Å². The first-order valence-electron chi connectivity index (χ1n) is 5.35. The van der Waals surface area contributed by atoms with Crippen LogP contribution in [0.2, 0.25) is 0 Å². The number of carboxylic acid groups (broad SMARTS) is 1. The summed E-state index contributed by atoms with van der Waals surface area (Å²) in [5.74, 6) is -2.85. The van der Waals surface area contributed by atoms with Crippen molar-refractivity contribution >= 4 is 11.8 Å². The lowest BCUT2D eigenvalue weighted by Gasteiger charge is -2.14. The molecule has 1 aromatic heterocycles. The second kappa shape index (κ2) is 4.91. The van der Waals surface area contributed by atoms with Gasteiger partial charge in [0.05, 0.1) is 6.20 Å². The predicted octanol–water partition coefficient (Wildman–Crippen LogP) is 1.84. The number of hydrogen-bond donors (Lipinski definition) is 1. The molecule has 0 radical (unpaired) electrons. The van der Waals surface area contributed by atoms with Crippen LogP contribution in [0.25, 0.3) is 0 Å². The van der Waals surface area contributed by atoms with Gasteiger partial charge in [0.2, 0.25) is 0 Å². The molecule has 1 aliphatic rings. The van der Waals surface area contributed by atoms with Crippen molar-refractivity contribution in [3.63, 3.8) is 0 Å². The highest BCUT2D eigenvalue weighted by molar-refractivity contribution is 6.40. The number of carboxylic acids is 1. The summed E-state index contributed by atoms with van der Waals surface area (Å²) < 4.78 is 12.7. The average molecular weight is 247 g/mol. The van der Waals surface area contributed by atoms with Crippen LogP contribution >= 0.6 is 0 Å². The van der Waals surface area contributed by atoms with Crippen LogP contribution in [0.1, 0.15) is 18.0 Å². The molecule has 0 spiro atoms. The van der Waals surface area contributed by atoms with Gasteiger partial charge >= 0.3 is 5.97 Å². The quantitative estimate of drug-likeness (QED) is 0.827. The number of aromatic nitrogens is 1. The summed E-state index contributed by atoms with van der Waals surface area (Å²) in [6.07, 6.45) is 6.34. The molecule has 0 saturated carbocycles. The fraction of sp³-hybridized carbons (Fsp3) is 0.154. The van der Waals surface area contributed by atoms with Gasteiger partial charge in [-0.25, -0.2) is 9.18 Å². The summed E-state index contributed by atoms with van der Waals surface area (Å²) in [7, 11) is 0. The number of allylic oxidation sites excluding steroid dienone is 3. The Balaban J connectivity index is 2.11. The number of nitrogens with zero attached hydrogens (tertiary/aromatic N) is 1. The standard InChI is InChI=1S/C13H10FNO3/c14-10-5-6-11(15-7-10)8-1-3-9(4-2-8)12(16)13(17)18/h1,3-8H,2H2,(H,17,18). The summed E-state index contributed by atoms with van der Waals surface area (Å²) in [5, 5.41) is 8.57. The Morgan fingerprint density at radius 1 is 1.39 bits per heavy atom. The SMILES string of the molecule is O=C(O)C(=O)C1=CCC(c2ccc(F)cn2)C=C1. The zero-order valence-corrected chi connectivity index (χ0v) is 9.34. The van der Waals surface area contributed by atoms with Gasteiger partial charge in [0, 0.05) is 17.2 Å². The first-order chi connectivity index (χ1) is 8.58. The maximum Gasteiger partial charge on any atom is 0.377 e. The molecular weight excluding hydrogens is 237 g/mol. The van der Waals surface area contributed by atoms with E-state index in [1.807, 2.05) is 0 Å². The van der Waals surface area contributed by atoms with Crippen molar-refractivity contribution in [3.05, 3.63) is 53.6 Å². The summed E-state index contributed by atoms with van der Waals surface area (Å²) in [6.45, 7) is 0. The topological polar surface area (TPSA) is 67.3 Å². The van der Waals surface area contributed by atoms with Crippen molar-refractivity contribution in [3.8, 4) is 0 Å². The number of Topliss-reactive ketones (excluding diaryl/α,β-unsaturated/α-hetero) is 1. The van der Waals surface area contributed by atoms with Gasteiger partial charge in [0.15, 0.2) is 0 Å². The molecule has 2 rings (SSSR count). The van der Waals surface area contributed by atoms with Gasteiger partial charge in [-0.15, -0.1) is 0 Å². The molecule has 1 aromatic rings. The highest BCUT2D eigenvalue weighted by atomic mass is 19.1. The third kappa shape index (κ3) is 2.51. The van der Waals surface area contributed by atoms with Crippen LogP contribution in [0.15, 0.2) is 42.1 Å². The Kier molecular flexibility index (Phi) is 3.32. The monoisotopic (exact) mass is 247 g/mol. The van der Waals surface area contributed by atoms with E-state index in [1.54, 1.807) is 18.2 Å². The predicted molar refractivity (Wildman–Crippen MR) is 61.4 cm³/mol. The number of rotatable bonds is 3. The fourth-order valence-corrected chi connectivity index (χ4v) is 1.74. The van der Waals surface area contributed by atoms with Crippen molar-refractivity contribution < 1.29 is 19.1 Å². The van der Waals surface area contributed by atoms with E-state index in [0.717, 1.165) is 6.20 Å². The van der Waals surface area contributed by atoms with Crippen LogP contribution in [0.4, 0.5) is 4.39 Å². The molecule has 5 heteroatoms. The lowest BCUT2D eigenvalue weighted by molar-refractivity contribution is -0.147. The second-order valence-corrected chi connectivity index (χ2v) is 3.90.